The second-order valence-electron chi connectivity index (χ2n) is 3.97. The molecular formula is C11H18N2O. The van der Waals surface area contributed by atoms with Crippen molar-refractivity contribution >= 4 is 5.91 Å². The summed E-state index contributed by atoms with van der Waals surface area (Å²) in [4.78, 5) is 11.7. The second kappa shape index (κ2) is 4.47. The minimum absolute atomic E-state index is 0.0383. The van der Waals surface area contributed by atoms with Gasteiger partial charge in [-0.2, -0.15) is 0 Å². The Morgan fingerprint density at radius 3 is 2.71 bits per heavy atom. The first-order chi connectivity index (χ1) is 6.68. The molecule has 3 nitrogen and oxygen atoms in total. The van der Waals surface area contributed by atoms with E-state index >= 15 is 0 Å². The summed E-state index contributed by atoms with van der Waals surface area (Å²) >= 11 is 0. The fourth-order valence-corrected chi connectivity index (χ4v) is 1.47. The van der Waals surface area contributed by atoms with Crippen LogP contribution in [0.5, 0.6) is 0 Å². The minimum Gasteiger partial charge on any atom is -0.342 e. The predicted molar refractivity (Wildman–Crippen MR) is 56.4 cm³/mol. The summed E-state index contributed by atoms with van der Waals surface area (Å²) in [6.07, 6.45) is 8.93. The molecule has 14 heavy (non-hydrogen) atoms. The van der Waals surface area contributed by atoms with E-state index in [1.165, 1.54) is 0 Å². The van der Waals surface area contributed by atoms with Crippen LogP contribution in [0.4, 0.5) is 0 Å². The molecule has 1 rings (SSSR count). The van der Waals surface area contributed by atoms with Crippen molar-refractivity contribution in [1.29, 1.82) is 0 Å². The van der Waals surface area contributed by atoms with Gasteiger partial charge in [-0.25, -0.2) is 0 Å². The fraction of sp³-hybridized carbons (Fsp3) is 0.727. The third-order valence-corrected chi connectivity index (χ3v) is 2.81. The average molecular weight is 194 g/mol. The fourth-order valence-electron chi connectivity index (χ4n) is 1.47. The molecule has 0 bridgehead atoms. The second-order valence-corrected chi connectivity index (χ2v) is 3.97. The van der Waals surface area contributed by atoms with Crippen molar-refractivity contribution in [1.82, 2.24) is 5.32 Å². The van der Waals surface area contributed by atoms with Crippen LogP contribution < -0.4 is 11.1 Å². The minimum atomic E-state index is -0.289. The molecule has 0 aromatic carbocycles. The van der Waals surface area contributed by atoms with Gasteiger partial charge in [-0.15, -0.1) is 6.42 Å². The Balaban J connectivity index is 2.43. The number of carbonyl (C=O) groups is 1. The van der Waals surface area contributed by atoms with Crippen LogP contribution in [0.1, 0.15) is 32.6 Å². The lowest BCUT2D eigenvalue weighted by Crippen LogP contribution is -2.41. The zero-order valence-corrected chi connectivity index (χ0v) is 8.68. The monoisotopic (exact) mass is 194 g/mol. The van der Waals surface area contributed by atoms with Gasteiger partial charge in [0.15, 0.2) is 0 Å². The van der Waals surface area contributed by atoms with Crippen LogP contribution in [-0.4, -0.2) is 18.5 Å². The third-order valence-electron chi connectivity index (χ3n) is 2.81. The number of hydrogen-bond donors (Lipinski definition) is 2. The predicted octanol–water partition coefficient (Wildman–Crippen LogP) is 0.643. The highest BCUT2D eigenvalue weighted by molar-refractivity contribution is 5.86. The summed E-state index contributed by atoms with van der Waals surface area (Å²) in [5, 5.41) is 2.87. The van der Waals surface area contributed by atoms with E-state index in [-0.39, 0.29) is 17.4 Å². The van der Waals surface area contributed by atoms with E-state index in [0.717, 1.165) is 25.7 Å². The molecule has 1 amide bonds. The number of nitrogens with two attached hydrogens (primary N) is 1. The van der Waals surface area contributed by atoms with Gasteiger partial charge in [0, 0.05) is 6.54 Å². The summed E-state index contributed by atoms with van der Waals surface area (Å²) in [5.41, 5.74) is 5.26. The van der Waals surface area contributed by atoms with Crippen LogP contribution in [-0.2, 0) is 4.79 Å². The molecule has 78 valence electrons. The topological polar surface area (TPSA) is 55.1 Å². The van der Waals surface area contributed by atoms with Crippen LogP contribution in [0.3, 0.4) is 0 Å². The van der Waals surface area contributed by atoms with Crippen molar-refractivity contribution in [3.8, 4) is 12.3 Å². The molecule has 1 unspecified atom stereocenters. The van der Waals surface area contributed by atoms with Gasteiger partial charge in [-0.3, -0.25) is 4.79 Å². The lowest BCUT2D eigenvalue weighted by molar-refractivity contribution is -0.126. The maximum absolute atomic E-state index is 11.7. The summed E-state index contributed by atoms with van der Waals surface area (Å²) in [5.74, 6) is 2.62. The molecule has 0 aliphatic heterocycles. The third kappa shape index (κ3) is 2.27. The van der Waals surface area contributed by atoms with Crippen molar-refractivity contribution in [3.63, 3.8) is 0 Å². The maximum atomic E-state index is 11.7. The number of terminal acetylenes is 1. The van der Waals surface area contributed by atoms with Gasteiger partial charge in [0.05, 0.1) is 11.5 Å². The van der Waals surface area contributed by atoms with Crippen LogP contribution in [0.25, 0.3) is 0 Å². The SMILES string of the molecule is C#CC(CCC)NC(=O)C1(CN)CC1. The molecule has 0 saturated heterocycles. The van der Waals surface area contributed by atoms with Gasteiger partial charge < -0.3 is 11.1 Å². The van der Waals surface area contributed by atoms with Crippen molar-refractivity contribution < 1.29 is 4.79 Å². The van der Waals surface area contributed by atoms with Crippen molar-refractivity contribution in [3.05, 3.63) is 0 Å². The molecule has 0 spiro atoms. The first-order valence-electron chi connectivity index (χ1n) is 5.15. The van der Waals surface area contributed by atoms with Crippen molar-refractivity contribution in [2.24, 2.45) is 11.1 Å². The van der Waals surface area contributed by atoms with E-state index in [4.69, 9.17) is 12.2 Å². The van der Waals surface area contributed by atoms with Crippen molar-refractivity contribution in [2.75, 3.05) is 6.54 Å². The summed E-state index contributed by atoms with van der Waals surface area (Å²) < 4.78 is 0. The lowest BCUT2D eigenvalue weighted by atomic mass is 10.1. The quantitative estimate of drug-likeness (QED) is 0.631. The van der Waals surface area contributed by atoms with Gasteiger partial charge >= 0.3 is 0 Å². The Kier molecular flexibility index (Phi) is 3.54. The summed E-state index contributed by atoms with van der Waals surface area (Å²) in [7, 11) is 0. The van der Waals surface area contributed by atoms with E-state index in [0.29, 0.717) is 6.54 Å². The van der Waals surface area contributed by atoms with E-state index in [2.05, 4.69) is 11.2 Å². The molecule has 0 aromatic rings. The molecule has 3 N–H and O–H groups in total. The summed E-state index contributed by atoms with van der Waals surface area (Å²) in [6, 6.07) is -0.128. The molecule has 1 saturated carbocycles. The van der Waals surface area contributed by atoms with Crippen LogP contribution in [0, 0.1) is 17.8 Å². The molecule has 1 aliphatic carbocycles. The van der Waals surface area contributed by atoms with Gasteiger partial charge in [0.25, 0.3) is 0 Å². The lowest BCUT2D eigenvalue weighted by Gasteiger charge is -2.17. The standard InChI is InChI=1S/C11H18N2O/c1-3-5-9(4-2)13-10(14)11(8-12)6-7-11/h2,9H,3,5-8,12H2,1H3,(H,13,14). The number of rotatable bonds is 5. The van der Waals surface area contributed by atoms with Gasteiger partial charge in [0.1, 0.15) is 0 Å². The molecule has 0 radical (unpaired) electrons. The molecule has 0 aromatic heterocycles. The first kappa shape index (κ1) is 11.1. The highest BCUT2D eigenvalue weighted by Gasteiger charge is 2.48. The Bertz CT molecular complexity index is 251. The zero-order valence-electron chi connectivity index (χ0n) is 8.68. The van der Waals surface area contributed by atoms with E-state index in [1.54, 1.807) is 0 Å². The van der Waals surface area contributed by atoms with Gasteiger partial charge in [-0.05, 0) is 19.3 Å². The van der Waals surface area contributed by atoms with Gasteiger partial charge in [0.2, 0.25) is 5.91 Å². The number of carbonyl (C=O) groups excluding carboxylic acids is 1. The van der Waals surface area contributed by atoms with E-state index in [9.17, 15) is 4.79 Å². The molecule has 1 fully saturated rings. The highest BCUT2D eigenvalue weighted by atomic mass is 16.2. The Labute approximate surface area is 85.4 Å². The van der Waals surface area contributed by atoms with Crippen molar-refractivity contribution in [2.45, 2.75) is 38.6 Å². The van der Waals surface area contributed by atoms with E-state index < -0.39 is 0 Å². The number of hydrogen-bond acceptors (Lipinski definition) is 2. The molecule has 0 heterocycles. The zero-order chi connectivity index (χ0) is 10.6. The number of amides is 1. The highest BCUT2D eigenvalue weighted by Crippen LogP contribution is 2.44. The smallest absolute Gasteiger partial charge is 0.228 e. The Hall–Kier alpha value is -1.01. The molecule has 3 heteroatoms. The molecule has 1 atom stereocenters. The number of nitrogens with one attached hydrogen (secondary N) is 1. The van der Waals surface area contributed by atoms with E-state index in [1.807, 2.05) is 6.92 Å². The average Bonchev–Trinajstić information content (AvgIpc) is 2.97. The molecule has 1 aliphatic rings. The Morgan fingerprint density at radius 1 is 1.71 bits per heavy atom. The van der Waals surface area contributed by atoms with Crippen LogP contribution in [0.2, 0.25) is 0 Å². The van der Waals surface area contributed by atoms with Crippen LogP contribution >= 0.6 is 0 Å². The first-order valence-corrected chi connectivity index (χ1v) is 5.15. The van der Waals surface area contributed by atoms with Gasteiger partial charge in [-0.1, -0.05) is 19.3 Å². The normalized spacial score (nSPS) is 19.5. The van der Waals surface area contributed by atoms with Crippen LogP contribution in [0.15, 0.2) is 0 Å². The largest absolute Gasteiger partial charge is 0.342 e. The Morgan fingerprint density at radius 2 is 2.36 bits per heavy atom. The molecular weight excluding hydrogens is 176 g/mol. The maximum Gasteiger partial charge on any atom is 0.228 e. The summed E-state index contributed by atoms with van der Waals surface area (Å²) in [6.45, 7) is 2.48.